The van der Waals surface area contributed by atoms with Crippen LogP contribution in [0.2, 0.25) is 0 Å². The summed E-state index contributed by atoms with van der Waals surface area (Å²) in [5, 5.41) is 10.7. The van der Waals surface area contributed by atoms with Gasteiger partial charge >= 0.3 is 0 Å². The molecule has 8 nitrogen and oxygen atoms in total. The van der Waals surface area contributed by atoms with E-state index >= 15 is 0 Å². The number of rotatable bonds is 4. The number of fused-ring (bicyclic) bond motifs is 1. The Bertz CT molecular complexity index is 950. The van der Waals surface area contributed by atoms with Crippen LogP contribution in [0.3, 0.4) is 0 Å². The fraction of sp³-hybridized carbons (Fsp3) is 0.235. The monoisotopic (exact) mass is 339 g/mol. The highest BCUT2D eigenvalue weighted by Crippen LogP contribution is 2.22. The average molecular weight is 339 g/mol. The first-order chi connectivity index (χ1) is 12.2. The zero-order chi connectivity index (χ0) is 17.2. The highest BCUT2D eigenvalue weighted by atomic mass is 16.3. The molecule has 3 aromatic rings. The van der Waals surface area contributed by atoms with E-state index in [0.29, 0.717) is 17.5 Å². The molecule has 2 atom stereocenters. The summed E-state index contributed by atoms with van der Waals surface area (Å²) < 4.78 is 5.36. The van der Waals surface area contributed by atoms with Crippen molar-refractivity contribution in [1.82, 2.24) is 26.4 Å². The van der Waals surface area contributed by atoms with Crippen molar-refractivity contribution in [3.63, 3.8) is 0 Å². The number of hydrogen-bond donors (Lipinski definition) is 4. The first-order valence-electron chi connectivity index (χ1n) is 8.01. The third-order valence-electron chi connectivity index (χ3n) is 4.31. The number of amides is 1. The van der Waals surface area contributed by atoms with Gasteiger partial charge in [0, 0.05) is 5.39 Å². The van der Waals surface area contributed by atoms with Crippen molar-refractivity contribution in [1.29, 1.82) is 0 Å². The van der Waals surface area contributed by atoms with E-state index in [-0.39, 0.29) is 30.1 Å². The first-order valence-corrected chi connectivity index (χ1v) is 8.01. The fourth-order valence-electron chi connectivity index (χ4n) is 3.00. The Morgan fingerprint density at radius 3 is 2.84 bits per heavy atom. The molecule has 0 radical (unpaired) electrons. The molecule has 2 aromatic heterocycles. The third-order valence-corrected chi connectivity index (χ3v) is 4.31. The molecule has 0 bridgehead atoms. The maximum absolute atomic E-state index is 12.4. The minimum absolute atomic E-state index is 0.0437. The number of aromatic nitrogens is 2. The Kier molecular flexibility index (Phi) is 4.04. The summed E-state index contributed by atoms with van der Waals surface area (Å²) >= 11 is 0. The number of benzene rings is 1. The van der Waals surface area contributed by atoms with E-state index in [1.54, 1.807) is 18.4 Å². The quantitative estimate of drug-likeness (QED) is 0.558. The number of furan rings is 1. The van der Waals surface area contributed by atoms with E-state index < -0.39 is 0 Å². The van der Waals surface area contributed by atoms with Crippen molar-refractivity contribution < 1.29 is 9.21 Å². The van der Waals surface area contributed by atoms with E-state index in [1.807, 2.05) is 24.3 Å². The van der Waals surface area contributed by atoms with Crippen LogP contribution < -0.4 is 21.7 Å². The molecule has 1 saturated heterocycles. The van der Waals surface area contributed by atoms with Gasteiger partial charge in [-0.25, -0.2) is 16.0 Å². The molecule has 8 heteroatoms. The van der Waals surface area contributed by atoms with Gasteiger partial charge in [-0.3, -0.25) is 9.59 Å². The largest absolute Gasteiger partial charge is 0.468 e. The fourth-order valence-corrected chi connectivity index (χ4v) is 3.00. The van der Waals surface area contributed by atoms with Crippen LogP contribution in [0.4, 0.5) is 0 Å². The molecule has 2 unspecified atom stereocenters. The number of nitrogens with one attached hydrogen (secondary N) is 4. The molecule has 1 aromatic carbocycles. The van der Waals surface area contributed by atoms with Crippen LogP contribution >= 0.6 is 0 Å². The normalized spacial score (nSPS) is 20.0. The van der Waals surface area contributed by atoms with Crippen molar-refractivity contribution in [2.24, 2.45) is 0 Å². The minimum atomic E-state index is -0.371. The number of hydrazine groups is 1. The number of hydrogen-bond acceptors (Lipinski definition) is 6. The molecule has 25 heavy (non-hydrogen) atoms. The van der Waals surface area contributed by atoms with Gasteiger partial charge in [-0.15, -0.1) is 0 Å². The van der Waals surface area contributed by atoms with E-state index in [1.165, 1.54) is 0 Å². The SMILES string of the molecule is O=C(NCc1n[nH]c(=O)c2ccccc12)C1CC(c2ccco2)NN1. The third kappa shape index (κ3) is 3.04. The molecule has 4 N–H and O–H groups in total. The molecule has 1 amide bonds. The summed E-state index contributed by atoms with van der Waals surface area (Å²) in [6, 6.07) is 10.5. The highest BCUT2D eigenvalue weighted by molar-refractivity contribution is 5.85. The van der Waals surface area contributed by atoms with Gasteiger partial charge in [-0.1, -0.05) is 18.2 Å². The molecule has 1 aliphatic rings. The molecule has 1 fully saturated rings. The number of H-pyrrole nitrogens is 1. The number of carbonyl (C=O) groups excluding carboxylic acids is 1. The molecule has 0 aliphatic carbocycles. The van der Waals surface area contributed by atoms with Gasteiger partial charge in [0.1, 0.15) is 11.8 Å². The van der Waals surface area contributed by atoms with Crippen LogP contribution in [0.5, 0.6) is 0 Å². The second-order valence-electron chi connectivity index (χ2n) is 5.91. The smallest absolute Gasteiger partial charge is 0.272 e. The zero-order valence-corrected chi connectivity index (χ0v) is 13.3. The van der Waals surface area contributed by atoms with Gasteiger partial charge in [0.2, 0.25) is 5.91 Å². The molecule has 4 rings (SSSR count). The van der Waals surface area contributed by atoms with Crippen LogP contribution in [-0.2, 0) is 11.3 Å². The lowest BCUT2D eigenvalue weighted by atomic mass is 10.1. The van der Waals surface area contributed by atoms with E-state index in [4.69, 9.17) is 4.42 Å². The molecule has 0 saturated carbocycles. The summed E-state index contributed by atoms with van der Waals surface area (Å²) in [5.74, 6) is 0.648. The van der Waals surface area contributed by atoms with Crippen LogP contribution in [0, 0.1) is 0 Å². The molecular formula is C17H17N5O3. The van der Waals surface area contributed by atoms with Crippen molar-refractivity contribution in [2.75, 3.05) is 0 Å². The van der Waals surface area contributed by atoms with Crippen molar-refractivity contribution in [3.05, 3.63) is 64.5 Å². The highest BCUT2D eigenvalue weighted by Gasteiger charge is 2.31. The average Bonchev–Trinajstić information content (AvgIpc) is 3.32. The second-order valence-corrected chi connectivity index (χ2v) is 5.91. The molecule has 1 aliphatic heterocycles. The lowest BCUT2D eigenvalue weighted by Crippen LogP contribution is -2.43. The van der Waals surface area contributed by atoms with E-state index in [0.717, 1.165) is 11.1 Å². The van der Waals surface area contributed by atoms with Crippen molar-refractivity contribution in [3.8, 4) is 0 Å². The van der Waals surface area contributed by atoms with E-state index in [9.17, 15) is 9.59 Å². The zero-order valence-electron chi connectivity index (χ0n) is 13.3. The van der Waals surface area contributed by atoms with E-state index in [2.05, 4.69) is 26.4 Å². The lowest BCUT2D eigenvalue weighted by Gasteiger charge is -2.11. The predicted octanol–water partition coefficient (Wildman–Crippen LogP) is 0.740. The second kappa shape index (κ2) is 6.50. The van der Waals surface area contributed by atoms with Gasteiger partial charge in [-0.2, -0.15) is 5.10 Å². The molecule has 3 heterocycles. The van der Waals surface area contributed by atoms with Gasteiger partial charge in [0.15, 0.2) is 0 Å². The van der Waals surface area contributed by atoms with Gasteiger partial charge < -0.3 is 9.73 Å². The number of carbonyl (C=O) groups is 1. The number of aromatic amines is 1. The summed E-state index contributed by atoms with van der Waals surface area (Å²) in [4.78, 5) is 24.2. The molecule has 0 spiro atoms. The topological polar surface area (TPSA) is 112 Å². The molecule has 128 valence electrons. The van der Waals surface area contributed by atoms with Crippen LogP contribution in [0.15, 0.2) is 51.9 Å². The Balaban J connectivity index is 1.43. The Morgan fingerprint density at radius 1 is 1.20 bits per heavy atom. The predicted molar refractivity (Wildman–Crippen MR) is 90.3 cm³/mol. The van der Waals surface area contributed by atoms with Crippen molar-refractivity contribution >= 4 is 16.7 Å². The Morgan fingerprint density at radius 2 is 2.04 bits per heavy atom. The van der Waals surface area contributed by atoms with Gasteiger partial charge in [-0.05, 0) is 24.6 Å². The standard InChI is InChI=1S/C17H17N5O3/c23-16-11-5-2-1-4-10(11)14(21-22-16)9-18-17(24)13-8-12(19-20-13)15-6-3-7-25-15/h1-7,12-13,19-20H,8-9H2,(H,18,24)(H,22,23). The van der Waals surface area contributed by atoms with Gasteiger partial charge in [0.25, 0.3) is 5.56 Å². The summed E-state index contributed by atoms with van der Waals surface area (Å²) in [7, 11) is 0. The first kappa shape index (κ1) is 15.6. The summed E-state index contributed by atoms with van der Waals surface area (Å²) in [5.41, 5.74) is 6.41. The Hall–Kier alpha value is -2.97. The maximum Gasteiger partial charge on any atom is 0.272 e. The Labute approximate surface area is 142 Å². The molecular weight excluding hydrogens is 322 g/mol. The number of nitrogens with zero attached hydrogens (tertiary/aromatic N) is 1. The maximum atomic E-state index is 12.4. The van der Waals surface area contributed by atoms with Crippen LogP contribution in [0.1, 0.15) is 23.9 Å². The van der Waals surface area contributed by atoms with Crippen LogP contribution in [-0.4, -0.2) is 22.1 Å². The van der Waals surface area contributed by atoms with Crippen LogP contribution in [0.25, 0.3) is 10.8 Å². The summed E-state index contributed by atoms with van der Waals surface area (Å²) in [6.45, 7) is 0.236. The lowest BCUT2D eigenvalue weighted by molar-refractivity contribution is -0.123. The van der Waals surface area contributed by atoms with Gasteiger partial charge in [0.05, 0.1) is 29.9 Å². The van der Waals surface area contributed by atoms with Crippen molar-refractivity contribution in [2.45, 2.75) is 25.0 Å². The summed E-state index contributed by atoms with van der Waals surface area (Å²) in [6.07, 6.45) is 2.19. The minimum Gasteiger partial charge on any atom is -0.468 e.